The number of ether oxygens (including phenoxy) is 1. The summed E-state index contributed by atoms with van der Waals surface area (Å²) in [5.74, 6) is 0.335. The number of hydrogen-bond donors (Lipinski definition) is 1. The first-order valence-corrected chi connectivity index (χ1v) is 6.54. The van der Waals surface area contributed by atoms with Crippen molar-refractivity contribution in [2.24, 2.45) is 0 Å². The fraction of sp³-hybridized carbons (Fsp3) is 0.455. The summed E-state index contributed by atoms with van der Waals surface area (Å²) < 4.78 is 28.6. The normalized spacial score (nSPS) is 18.1. The Labute approximate surface area is 94.8 Å². The summed E-state index contributed by atoms with van der Waals surface area (Å²) in [5.41, 5.74) is 0. The molecule has 1 aliphatic rings. The number of sulfone groups is 1. The maximum atomic E-state index is 12.3. The molecule has 0 radical (unpaired) electrons. The van der Waals surface area contributed by atoms with Gasteiger partial charge in [-0.2, -0.15) is 0 Å². The summed E-state index contributed by atoms with van der Waals surface area (Å²) >= 11 is 0. The molecule has 1 aliphatic carbocycles. The maximum Gasteiger partial charge on any atom is 0.189 e. The summed E-state index contributed by atoms with van der Waals surface area (Å²) in [7, 11) is -2.06. The highest BCUT2D eigenvalue weighted by Crippen LogP contribution is 2.47. The van der Waals surface area contributed by atoms with Gasteiger partial charge in [0.05, 0.1) is 13.7 Å². The lowest BCUT2D eigenvalue weighted by Crippen LogP contribution is -2.27. The van der Waals surface area contributed by atoms with Crippen LogP contribution in [0.1, 0.15) is 12.8 Å². The molecule has 0 spiro atoms. The van der Waals surface area contributed by atoms with Crippen molar-refractivity contribution in [1.29, 1.82) is 0 Å². The molecule has 5 heteroatoms. The standard InChI is InChI=1S/C11H14O4S/c1-15-9-4-2-3-5-10(9)16(13,14)11(8-12)6-7-11/h2-5,12H,6-8H2,1H3. The zero-order valence-electron chi connectivity index (χ0n) is 9.01. The van der Waals surface area contributed by atoms with Gasteiger partial charge < -0.3 is 9.84 Å². The van der Waals surface area contributed by atoms with Gasteiger partial charge in [0.15, 0.2) is 9.84 Å². The molecule has 16 heavy (non-hydrogen) atoms. The van der Waals surface area contributed by atoms with Crippen molar-refractivity contribution in [3.05, 3.63) is 24.3 Å². The van der Waals surface area contributed by atoms with Gasteiger partial charge in [-0.1, -0.05) is 12.1 Å². The van der Waals surface area contributed by atoms with E-state index in [1.807, 2.05) is 0 Å². The number of methoxy groups -OCH3 is 1. The summed E-state index contributed by atoms with van der Waals surface area (Å²) in [5, 5.41) is 9.20. The largest absolute Gasteiger partial charge is 0.495 e. The van der Waals surface area contributed by atoms with Crippen LogP contribution in [0.25, 0.3) is 0 Å². The van der Waals surface area contributed by atoms with E-state index in [4.69, 9.17) is 4.74 Å². The summed E-state index contributed by atoms with van der Waals surface area (Å²) in [6, 6.07) is 6.50. The van der Waals surface area contributed by atoms with E-state index in [-0.39, 0.29) is 11.5 Å². The highest BCUT2D eigenvalue weighted by atomic mass is 32.2. The van der Waals surface area contributed by atoms with Crippen LogP contribution in [0.15, 0.2) is 29.2 Å². The molecule has 0 atom stereocenters. The number of para-hydroxylation sites is 1. The van der Waals surface area contributed by atoms with Gasteiger partial charge >= 0.3 is 0 Å². The minimum atomic E-state index is -3.50. The van der Waals surface area contributed by atoms with Gasteiger partial charge in [-0.05, 0) is 25.0 Å². The van der Waals surface area contributed by atoms with E-state index in [1.165, 1.54) is 13.2 Å². The first-order valence-electron chi connectivity index (χ1n) is 5.06. The van der Waals surface area contributed by atoms with Crippen LogP contribution in [0.2, 0.25) is 0 Å². The lowest BCUT2D eigenvalue weighted by Gasteiger charge is -2.15. The zero-order chi connectivity index (χ0) is 11.8. The smallest absolute Gasteiger partial charge is 0.189 e. The predicted octanol–water partition coefficient (Wildman–Crippen LogP) is 0.994. The van der Waals surface area contributed by atoms with Gasteiger partial charge in [0.1, 0.15) is 15.4 Å². The van der Waals surface area contributed by atoms with Crippen molar-refractivity contribution < 1.29 is 18.3 Å². The molecule has 0 aliphatic heterocycles. The van der Waals surface area contributed by atoms with Crippen LogP contribution in [-0.4, -0.2) is 32.0 Å². The predicted molar refractivity (Wildman–Crippen MR) is 59.2 cm³/mol. The number of benzene rings is 1. The molecule has 0 bridgehead atoms. The summed E-state index contributed by atoms with van der Waals surface area (Å²) in [4.78, 5) is 0.170. The lowest BCUT2D eigenvalue weighted by molar-refractivity contribution is 0.283. The van der Waals surface area contributed by atoms with Gasteiger partial charge in [-0.25, -0.2) is 8.42 Å². The van der Waals surface area contributed by atoms with E-state index in [2.05, 4.69) is 0 Å². The minimum absolute atomic E-state index is 0.170. The fourth-order valence-electron chi connectivity index (χ4n) is 1.73. The van der Waals surface area contributed by atoms with Gasteiger partial charge in [0, 0.05) is 0 Å². The van der Waals surface area contributed by atoms with E-state index >= 15 is 0 Å². The molecule has 0 amide bonds. The molecule has 1 N–H and O–H groups in total. The molecule has 1 saturated carbocycles. The fourth-order valence-corrected chi connectivity index (χ4v) is 3.68. The molecule has 4 nitrogen and oxygen atoms in total. The van der Waals surface area contributed by atoms with Crippen molar-refractivity contribution in [3.8, 4) is 5.75 Å². The maximum absolute atomic E-state index is 12.3. The second-order valence-corrected chi connectivity index (χ2v) is 6.31. The molecule has 1 fully saturated rings. The van der Waals surface area contributed by atoms with Crippen molar-refractivity contribution >= 4 is 9.84 Å². The lowest BCUT2D eigenvalue weighted by atomic mass is 10.3. The number of hydrogen-bond acceptors (Lipinski definition) is 4. The average Bonchev–Trinajstić information content (AvgIpc) is 3.10. The van der Waals surface area contributed by atoms with E-state index in [1.54, 1.807) is 18.2 Å². The Hall–Kier alpha value is -1.07. The van der Waals surface area contributed by atoms with Gasteiger partial charge in [-0.3, -0.25) is 0 Å². The minimum Gasteiger partial charge on any atom is -0.495 e. The molecular formula is C11H14O4S. The van der Waals surface area contributed by atoms with Crippen LogP contribution in [0.5, 0.6) is 5.75 Å². The SMILES string of the molecule is COc1ccccc1S(=O)(=O)C1(CO)CC1. The Morgan fingerprint density at radius 2 is 2.00 bits per heavy atom. The number of rotatable bonds is 4. The highest BCUT2D eigenvalue weighted by Gasteiger charge is 2.55. The molecule has 0 saturated heterocycles. The van der Waals surface area contributed by atoms with Gasteiger partial charge in [0.2, 0.25) is 0 Å². The molecule has 2 rings (SSSR count). The Morgan fingerprint density at radius 3 is 2.50 bits per heavy atom. The highest BCUT2D eigenvalue weighted by molar-refractivity contribution is 7.93. The Bertz CT molecular complexity index is 488. The second-order valence-electron chi connectivity index (χ2n) is 4.00. The van der Waals surface area contributed by atoms with E-state index in [0.29, 0.717) is 18.6 Å². The molecule has 0 unspecified atom stereocenters. The van der Waals surface area contributed by atoms with Crippen molar-refractivity contribution in [2.45, 2.75) is 22.5 Å². The topological polar surface area (TPSA) is 63.6 Å². The van der Waals surface area contributed by atoms with Crippen LogP contribution < -0.4 is 4.74 Å². The van der Waals surface area contributed by atoms with E-state index in [0.717, 1.165) is 0 Å². The van der Waals surface area contributed by atoms with Crippen LogP contribution in [0.3, 0.4) is 0 Å². The molecule has 0 heterocycles. The second kappa shape index (κ2) is 3.75. The first kappa shape index (κ1) is 11.4. The Balaban J connectivity index is 2.52. The van der Waals surface area contributed by atoms with Crippen molar-refractivity contribution in [3.63, 3.8) is 0 Å². The van der Waals surface area contributed by atoms with Gasteiger partial charge in [0.25, 0.3) is 0 Å². The number of aliphatic hydroxyl groups is 1. The van der Waals surface area contributed by atoms with Crippen molar-refractivity contribution in [2.75, 3.05) is 13.7 Å². The number of aliphatic hydroxyl groups excluding tert-OH is 1. The third kappa shape index (κ3) is 1.51. The van der Waals surface area contributed by atoms with Crippen LogP contribution in [0.4, 0.5) is 0 Å². The summed E-state index contributed by atoms with van der Waals surface area (Å²) in [6.45, 7) is -0.326. The third-order valence-corrected chi connectivity index (χ3v) is 5.62. The monoisotopic (exact) mass is 242 g/mol. The third-order valence-electron chi connectivity index (χ3n) is 3.02. The average molecular weight is 242 g/mol. The molecule has 1 aromatic rings. The zero-order valence-corrected chi connectivity index (χ0v) is 9.83. The van der Waals surface area contributed by atoms with Crippen LogP contribution in [-0.2, 0) is 9.84 Å². The van der Waals surface area contributed by atoms with Crippen LogP contribution >= 0.6 is 0 Å². The van der Waals surface area contributed by atoms with Crippen molar-refractivity contribution in [1.82, 2.24) is 0 Å². The Kier molecular flexibility index (Phi) is 2.67. The quantitative estimate of drug-likeness (QED) is 0.855. The van der Waals surface area contributed by atoms with E-state index in [9.17, 15) is 13.5 Å². The molecular weight excluding hydrogens is 228 g/mol. The molecule has 88 valence electrons. The Morgan fingerprint density at radius 1 is 1.38 bits per heavy atom. The van der Waals surface area contributed by atoms with E-state index < -0.39 is 14.6 Å². The first-order chi connectivity index (χ1) is 7.57. The van der Waals surface area contributed by atoms with Gasteiger partial charge in [-0.15, -0.1) is 0 Å². The molecule has 0 aromatic heterocycles. The summed E-state index contributed by atoms with van der Waals surface area (Å²) in [6.07, 6.45) is 1.04. The molecule has 1 aromatic carbocycles. The van der Waals surface area contributed by atoms with Crippen LogP contribution in [0, 0.1) is 0 Å².